The molecule has 1 heterocycles. The molecule has 152 valence electrons. The van der Waals surface area contributed by atoms with Gasteiger partial charge in [0.25, 0.3) is 0 Å². The van der Waals surface area contributed by atoms with E-state index in [2.05, 4.69) is 17.1 Å². The summed E-state index contributed by atoms with van der Waals surface area (Å²) in [6, 6.07) is 9.31. The summed E-state index contributed by atoms with van der Waals surface area (Å²) in [5, 5.41) is 17.5. The summed E-state index contributed by atoms with van der Waals surface area (Å²) in [6.45, 7) is 7.88. The largest absolute Gasteiger partial charge is 0.474 e. The van der Waals surface area contributed by atoms with Crippen molar-refractivity contribution in [3.63, 3.8) is 0 Å². The number of aromatic nitrogens is 2. The molecule has 0 saturated heterocycles. The molecule has 2 aromatic carbocycles. The van der Waals surface area contributed by atoms with Crippen LogP contribution in [0.25, 0.3) is 10.9 Å². The topological polar surface area (TPSA) is 95.5 Å². The van der Waals surface area contributed by atoms with Crippen LogP contribution in [0.5, 0.6) is 11.5 Å². The fourth-order valence-electron chi connectivity index (χ4n) is 3.47. The molecule has 0 aliphatic heterocycles. The van der Waals surface area contributed by atoms with Crippen LogP contribution >= 0.6 is 0 Å². The fraction of sp³-hybridized carbons (Fsp3) is 0.318. The van der Waals surface area contributed by atoms with Gasteiger partial charge in [0.05, 0.1) is 5.52 Å². The maximum Gasteiger partial charge on any atom is 0.394 e. The molecule has 0 atom stereocenters. The first-order chi connectivity index (χ1) is 13.8. The maximum absolute atomic E-state index is 11.9. The molecule has 1 amide bonds. The first-order valence-electron chi connectivity index (χ1n) is 9.66. The van der Waals surface area contributed by atoms with E-state index in [9.17, 15) is 9.59 Å². The summed E-state index contributed by atoms with van der Waals surface area (Å²) in [6.07, 6.45) is 1.93. The lowest BCUT2D eigenvalue weighted by Crippen LogP contribution is -2.36. The number of amides is 1. The molecule has 3 rings (SSSR count). The Morgan fingerprint density at radius 3 is 2.41 bits per heavy atom. The van der Waals surface area contributed by atoms with Crippen molar-refractivity contribution in [2.24, 2.45) is 0 Å². The summed E-state index contributed by atoms with van der Waals surface area (Å²) >= 11 is 0. The Labute approximate surface area is 169 Å². The summed E-state index contributed by atoms with van der Waals surface area (Å²) in [4.78, 5) is 24.3. The van der Waals surface area contributed by atoms with E-state index >= 15 is 0 Å². The van der Waals surface area contributed by atoms with Gasteiger partial charge in [0.15, 0.2) is 0 Å². The predicted octanol–water partition coefficient (Wildman–Crippen LogP) is 4.36. The average molecular weight is 395 g/mol. The van der Waals surface area contributed by atoms with Crippen LogP contribution in [0.2, 0.25) is 0 Å². The van der Waals surface area contributed by atoms with E-state index in [0.717, 1.165) is 40.6 Å². The molecule has 0 fully saturated rings. The van der Waals surface area contributed by atoms with Crippen LogP contribution in [0.1, 0.15) is 37.1 Å². The summed E-state index contributed by atoms with van der Waals surface area (Å²) < 4.78 is 6.17. The Bertz CT molecular complexity index is 1050. The number of nitrogens with zero attached hydrogens (tertiary/aromatic N) is 2. The zero-order valence-corrected chi connectivity index (χ0v) is 17.1. The summed E-state index contributed by atoms with van der Waals surface area (Å²) in [7, 11) is 0. The number of carbonyl (C=O) groups excluding carboxylic acids is 1. The Morgan fingerprint density at radius 2 is 1.83 bits per heavy atom. The number of hydrogen-bond acceptors (Lipinski definition) is 4. The van der Waals surface area contributed by atoms with Gasteiger partial charge in [-0.1, -0.05) is 13.3 Å². The number of hydrogen-bond donors (Lipinski definition) is 2. The number of aryl methyl sites for hydroxylation is 3. The number of rotatable bonds is 6. The van der Waals surface area contributed by atoms with E-state index in [4.69, 9.17) is 9.84 Å². The molecule has 7 nitrogen and oxygen atoms in total. The number of H-pyrrole nitrogens is 1. The minimum Gasteiger partial charge on any atom is -0.474 e. The molecule has 7 heteroatoms. The highest BCUT2D eigenvalue weighted by Gasteiger charge is 2.22. The van der Waals surface area contributed by atoms with E-state index in [1.165, 1.54) is 4.90 Å². The van der Waals surface area contributed by atoms with Crippen LogP contribution < -0.4 is 9.64 Å². The monoisotopic (exact) mass is 395 g/mol. The number of aromatic amines is 1. The van der Waals surface area contributed by atoms with E-state index in [0.29, 0.717) is 17.2 Å². The number of likely N-dealkylation sites (N-methyl/N-ethyl adjacent to an activating group) is 1. The molecule has 0 bridgehead atoms. The maximum atomic E-state index is 11.9. The second-order valence-corrected chi connectivity index (χ2v) is 7.00. The molecule has 1 aromatic heterocycles. The van der Waals surface area contributed by atoms with E-state index < -0.39 is 11.9 Å². The standard InChI is InChI=1S/C22H25N3O4/c1-5-7-18-17-12-16(8-9-19(17)24-23-18)29-20-13(3)10-15(11-14(20)4)25(6-2)21(26)22(27)28/h8-12H,5-7H2,1-4H3,(H,23,24)(H,27,28). The minimum absolute atomic E-state index is 0.265. The van der Waals surface area contributed by atoms with Crippen molar-refractivity contribution in [2.75, 3.05) is 11.4 Å². The first-order valence-corrected chi connectivity index (χ1v) is 9.66. The average Bonchev–Trinajstić information content (AvgIpc) is 3.08. The van der Waals surface area contributed by atoms with Gasteiger partial charge >= 0.3 is 11.9 Å². The van der Waals surface area contributed by atoms with Gasteiger partial charge < -0.3 is 14.7 Å². The van der Waals surface area contributed by atoms with Crippen molar-refractivity contribution in [3.05, 3.63) is 47.2 Å². The lowest BCUT2D eigenvalue weighted by molar-refractivity contribution is -0.148. The number of anilines is 1. The molecule has 0 saturated carbocycles. The number of carbonyl (C=O) groups is 2. The normalized spacial score (nSPS) is 10.9. The quantitative estimate of drug-likeness (QED) is 0.605. The van der Waals surface area contributed by atoms with Gasteiger partial charge in [-0.25, -0.2) is 4.79 Å². The van der Waals surface area contributed by atoms with E-state index in [1.807, 2.05) is 32.0 Å². The number of benzene rings is 2. The molecular weight excluding hydrogens is 370 g/mol. The van der Waals surface area contributed by atoms with Gasteiger partial charge in [-0.2, -0.15) is 5.10 Å². The van der Waals surface area contributed by atoms with Crippen LogP contribution in [0, 0.1) is 13.8 Å². The number of aliphatic carboxylic acids is 1. The lowest BCUT2D eigenvalue weighted by Gasteiger charge is -2.21. The zero-order valence-electron chi connectivity index (χ0n) is 17.1. The van der Waals surface area contributed by atoms with Crippen molar-refractivity contribution in [2.45, 2.75) is 40.5 Å². The number of ether oxygens (including phenoxy) is 1. The SMILES string of the molecule is CCCc1[nH]nc2ccc(Oc3c(C)cc(N(CC)C(=O)C(=O)O)cc3C)cc12. The highest BCUT2D eigenvalue weighted by Crippen LogP contribution is 2.34. The Balaban J connectivity index is 1.94. The Hall–Kier alpha value is -3.35. The van der Waals surface area contributed by atoms with Crippen molar-refractivity contribution in [3.8, 4) is 11.5 Å². The Kier molecular flexibility index (Phi) is 5.87. The van der Waals surface area contributed by atoms with Gasteiger partial charge in [-0.15, -0.1) is 0 Å². The van der Waals surface area contributed by atoms with Crippen molar-refractivity contribution >= 4 is 28.5 Å². The minimum atomic E-state index is -1.47. The molecule has 3 aromatic rings. The molecular formula is C22H25N3O4. The smallest absolute Gasteiger partial charge is 0.394 e. The van der Waals surface area contributed by atoms with Crippen LogP contribution in [0.4, 0.5) is 5.69 Å². The number of nitrogens with one attached hydrogen (secondary N) is 1. The summed E-state index contributed by atoms with van der Waals surface area (Å²) in [5.41, 5.74) is 4.16. The second kappa shape index (κ2) is 8.34. The first kappa shape index (κ1) is 20.4. The van der Waals surface area contributed by atoms with Gasteiger partial charge in [-0.3, -0.25) is 9.89 Å². The molecule has 0 unspecified atom stereocenters. The molecule has 0 aliphatic carbocycles. The number of carboxylic acids is 1. The highest BCUT2D eigenvalue weighted by atomic mass is 16.5. The fourth-order valence-corrected chi connectivity index (χ4v) is 3.47. The Morgan fingerprint density at radius 1 is 1.14 bits per heavy atom. The van der Waals surface area contributed by atoms with E-state index in [-0.39, 0.29) is 6.54 Å². The van der Waals surface area contributed by atoms with E-state index in [1.54, 1.807) is 19.1 Å². The van der Waals surface area contributed by atoms with Crippen molar-refractivity contribution in [1.29, 1.82) is 0 Å². The molecule has 2 N–H and O–H groups in total. The van der Waals surface area contributed by atoms with Gasteiger partial charge in [0.2, 0.25) is 0 Å². The van der Waals surface area contributed by atoms with Crippen LogP contribution in [-0.4, -0.2) is 33.7 Å². The van der Waals surface area contributed by atoms with Crippen LogP contribution in [0.15, 0.2) is 30.3 Å². The zero-order chi connectivity index (χ0) is 21.1. The molecule has 29 heavy (non-hydrogen) atoms. The van der Waals surface area contributed by atoms with Crippen molar-refractivity contribution in [1.82, 2.24) is 10.2 Å². The van der Waals surface area contributed by atoms with Gasteiger partial charge in [0.1, 0.15) is 11.5 Å². The second-order valence-electron chi connectivity index (χ2n) is 7.00. The lowest BCUT2D eigenvalue weighted by atomic mass is 10.1. The highest BCUT2D eigenvalue weighted by molar-refractivity contribution is 6.37. The predicted molar refractivity (Wildman–Crippen MR) is 112 cm³/mol. The van der Waals surface area contributed by atoms with Gasteiger partial charge in [0, 0.05) is 23.3 Å². The molecule has 0 radical (unpaired) electrons. The van der Waals surface area contributed by atoms with Crippen molar-refractivity contribution < 1.29 is 19.4 Å². The third-order valence-corrected chi connectivity index (χ3v) is 4.83. The van der Waals surface area contributed by atoms with Crippen LogP contribution in [0.3, 0.4) is 0 Å². The molecule has 0 spiro atoms. The molecule has 0 aliphatic rings. The third-order valence-electron chi connectivity index (χ3n) is 4.83. The summed E-state index contributed by atoms with van der Waals surface area (Å²) in [5.74, 6) is -1.04. The van der Waals surface area contributed by atoms with Gasteiger partial charge in [-0.05, 0) is 68.7 Å². The number of carboxylic acid groups (broad SMARTS) is 1. The number of fused-ring (bicyclic) bond motifs is 1. The third kappa shape index (κ3) is 4.08. The van der Waals surface area contributed by atoms with Crippen LogP contribution in [-0.2, 0) is 16.0 Å².